The molecule has 0 aliphatic carbocycles. The number of anilines is 1. The minimum Gasteiger partial charge on any atom is -0.388 e. The van der Waals surface area contributed by atoms with Gasteiger partial charge in [0, 0.05) is 12.7 Å². The topological polar surface area (TPSA) is 12.0 Å². The van der Waals surface area contributed by atoms with Crippen molar-refractivity contribution in [3.05, 3.63) is 29.8 Å². The van der Waals surface area contributed by atoms with Crippen LogP contribution in [0.5, 0.6) is 0 Å². The van der Waals surface area contributed by atoms with Gasteiger partial charge in [0.05, 0.1) is 0 Å². The molecule has 0 spiro atoms. The van der Waals surface area contributed by atoms with Crippen molar-refractivity contribution in [1.29, 1.82) is 0 Å². The quantitative estimate of drug-likeness (QED) is 0.705. The molecule has 0 aliphatic rings. The van der Waals surface area contributed by atoms with Gasteiger partial charge in [-0.3, -0.25) is 0 Å². The molecule has 0 saturated carbocycles. The Hall–Kier alpha value is -1.42. The summed E-state index contributed by atoms with van der Waals surface area (Å²) in [4.78, 5) is 0. The maximum absolute atomic E-state index is 4.00. The van der Waals surface area contributed by atoms with Crippen LogP contribution in [0.1, 0.15) is 26.3 Å². The highest BCUT2D eigenvalue weighted by Gasteiger charge is 1.93. The van der Waals surface area contributed by atoms with Gasteiger partial charge in [0.15, 0.2) is 0 Å². The number of terminal acetylenes is 1. The van der Waals surface area contributed by atoms with Gasteiger partial charge < -0.3 is 5.32 Å². The highest BCUT2D eigenvalue weighted by molar-refractivity contribution is 5.50. The van der Waals surface area contributed by atoms with Gasteiger partial charge in [0.1, 0.15) is 0 Å². The Kier molecular flexibility index (Phi) is 12.5. The molecule has 0 saturated heterocycles. The van der Waals surface area contributed by atoms with Gasteiger partial charge in [0.25, 0.3) is 0 Å². The number of nitrogens with one attached hydrogen (secondary N) is 1. The summed E-state index contributed by atoms with van der Waals surface area (Å²) < 4.78 is 0. The van der Waals surface area contributed by atoms with Crippen LogP contribution in [0.2, 0.25) is 0 Å². The van der Waals surface area contributed by atoms with Gasteiger partial charge in [-0.25, -0.2) is 0 Å². The van der Waals surface area contributed by atoms with Crippen LogP contribution in [0.15, 0.2) is 24.3 Å². The van der Waals surface area contributed by atoms with Crippen molar-refractivity contribution in [2.75, 3.05) is 12.4 Å². The maximum atomic E-state index is 4.00. The van der Waals surface area contributed by atoms with Gasteiger partial charge in [-0.15, -0.1) is 12.8 Å². The van der Waals surface area contributed by atoms with Crippen LogP contribution < -0.4 is 5.32 Å². The molecule has 0 atom stereocenters. The van der Waals surface area contributed by atoms with E-state index in [0.29, 0.717) is 0 Å². The molecule has 1 nitrogen and oxygen atoms in total. The van der Waals surface area contributed by atoms with Gasteiger partial charge in [-0.2, -0.15) is 0 Å². The van der Waals surface area contributed by atoms with Crippen LogP contribution in [-0.2, 0) is 6.42 Å². The number of rotatable bonds is 2. The lowest BCUT2D eigenvalue weighted by molar-refractivity contribution is 1.14. The fourth-order valence-electron chi connectivity index (χ4n) is 1.07. The average Bonchev–Trinajstić information content (AvgIpc) is 2.34. The van der Waals surface area contributed by atoms with E-state index in [4.69, 9.17) is 0 Å². The van der Waals surface area contributed by atoms with Crippen LogP contribution in [0.25, 0.3) is 0 Å². The van der Waals surface area contributed by atoms with Crippen molar-refractivity contribution in [3.63, 3.8) is 0 Å². The highest BCUT2D eigenvalue weighted by Crippen LogP contribution is 2.13. The molecule has 0 fully saturated rings. The molecule has 0 radical (unpaired) electrons. The van der Waals surface area contributed by atoms with E-state index >= 15 is 0 Å². The fraction of sp³-hybridized carbons (Fsp3) is 0.385. The summed E-state index contributed by atoms with van der Waals surface area (Å²) in [6.45, 7) is 6.16. The third-order valence-corrected chi connectivity index (χ3v) is 1.67. The number of para-hydroxylation sites is 1. The number of benzene rings is 1. The van der Waals surface area contributed by atoms with Crippen molar-refractivity contribution < 1.29 is 0 Å². The Bertz CT molecular complexity index is 215. The van der Waals surface area contributed by atoms with Crippen molar-refractivity contribution >= 4 is 5.69 Å². The molecule has 1 heteroatoms. The van der Waals surface area contributed by atoms with E-state index in [9.17, 15) is 0 Å². The first-order valence-corrected chi connectivity index (χ1v) is 4.97. The van der Waals surface area contributed by atoms with E-state index in [0.717, 1.165) is 6.42 Å². The van der Waals surface area contributed by atoms with E-state index in [2.05, 4.69) is 43.3 Å². The third-order valence-electron chi connectivity index (χ3n) is 1.67. The van der Waals surface area contributed by atoms with Crippen molar-refractivity contribution in [1.82, 2.24) is 0 Å². The summed E-state index contributed by atoms with van der Waals surface area (Å²) in [5, 5.41) is 3.15. The van der Waals surface area contributed by atoms with Crippen LogP contribution in [0, 0.1) is 12.8 Å². The molecule has 14 heavy (non-hydrogen) atoms. The Balaban J connectivity index is 0. The lowest BCUT2D eigenvalue weighted by Gasteiger charge is -2.04. The number of hydrogen-bond donors (Lipinski definition) is 1. The van der Waals surface area contributed by atoms with Gasteiger partial charge >= 0.3 is 0 Å². The normalized spacial score (nSPS) is 7.29. The molecule has 78 valence electrons. The lowest BCUT2D eigenvalue weighted by Crippen LogP contribution is -1.92. The standard InChI is InChI=1S/C9H13N.C2H6.C2H2/c1-3-8-6-4-5-7-9(8)10-2;2*1-2/h4-7,10H,3H2,1-2H3;1-2H3;1-2H. The van der Waals surface area contributed by atoms with E-state index in [1.54, 1.807) is 0 Å². The van der Waals surface area contributed by atoms with E-state index in [1.165, 1.54) is 11.3 Å². The van der Waals surface area contributed by atoms with E-state index in [-0.39, 0.29) is 0 Å². The predicted octanol–water partition coefficient (Wildman–Crippen LogP) is 3.57. The first-order chi connectivity index (χ1) is 6.88. The minimum atomic E-state index is 1.09. The average molecular weight is 191 g/mol. The van der Waals surface area contributed by atoms with Crippen LogP contribution in [0.4, 0.5) is 5.69 Å². The zero-order valence-corrected chi connectivity index (χ0v) is 9.67. The zero-order chi connectivity index (χ0) is 11.4. The Morgan fingerprint density at radius 2 is 1.64 bits per heavy atom. The molecule has 1 N–H and O–H groups in total. The summed E-state index contributed by atoms with van der Waals surface area (Å²) in [5.74, 6) is 0. The van der Waals surface area contributed by atoms with Crippen LogP contribution >= 0.6 is 0 Å². The largest absolute Gasteiger partial charge is 0.388 e. The molecular weight excluding hydrogens is 170 g/mol. The maximum Gasteiger partial charge on any atom is 0.0370 e. The summed E-state index contributed by atoms with van der Waals surface area (Å²) in [7, 11) is 1.95. The van der Waals surface area contributed by atoms with E-state index < -0.39 is 0 Å². The predicted molar refractivity (Wildman–Crippen MR) is 66.6 cm³/mol. The first-order valence-electron chi connectivity index (χ1n) is 4.97. The van der Waals surface area contributed by atoms with Gasteiger partial charge in [-0.05, 0) is 18.1 Å². The first kappa shape index (κ1) is 15.1. The summed E-state index contributed by atoms with van der Waals surface area (Å²) in [5.41, 5.74) is 2.62. The monoisotopic (exact) mass is 191 g/mol. The molecule has 0 heterocycles. The number of aryl methyl sites for hydroxylation is 1. The number of hydrogen-bond acceptors (Lipinski definition) is 1. The molecule has 0 amide bonds. The SMILES string of the molecule is C#C.CC.CCc1ccccc1NC. The van der Waals surface area contributed by atoms with Crippen molar-refractivity contribution in [2.24, 2.45) is 0 Å². The summed E-state index contributed by atoms with van der Waals surface area (Å²) >= 11 is 0. The molecule has 0 unspecified atom stereocenters. The van der Waals surface area contributed by atoms with Gasteiger partial charge in [-0.1, -0.05) is 39.0 Å². The molecule has 1 aromatic rings. The smallest absolute Gasteiger partial charge is 0.0370 e. The second-order valence-electron chi connectivity index (χ2n) is 2.26. The summed E-state index contributed by atoms with van der Waals surface area (Å²) in [6.07, 6.45) is 9.09. The van der Waals surface area contributed by atoms with E-state index in [1.807, 2.05) is 27.0 Å². The molecule has 0 aliphatic heterocycles. The highest BCUT2D eigenvalue weighted by atomic mass is 14.8. The van der Waals surface area contributed by atoms with Gasteiger partial charge in [0.2, 0.25) is 0 Å². The molecule has 1 rings (SSSR count). The molecule has 1 aromatic carbocycles. The minimum absolute atomic E-state index is 1.09. The zero-order valence-electron chi connectivity index (χ0n) is 9.67. The van der Waals surface area contributed by atoms with Crippen molar-refractivity contribution in [3.8, 4) is 12.8 Å². The Morgan fingerprint density at radius 1 is 1.14 bits per heavy atom. The van der Waals surface area contributed by atoms with Crippen LogP contribution in [0.3, 0.4) is 0 Å². The fourth-order valence-corrected chi connectivity index (χ4v) is 1.07. The summed E-state index contributed by atoms with van der Waals surface area (Å²) in [6, 6.07) is 8.36. The third kappa shape index (κ3) is 5.27. The Labute approximate surface area is 88.5 Å². The molecule has 0 bridgehead atoms. The second kappa shape index (κ2) is 11.6. The molecule has 0 aromatic heterocycles. The Morgan fingerprint density at radius 3 is 2.00 bits per heavy atom. The lowest BCUT2D eigenvalue weighted by atomic mass is 10.1. The molecular formula is C13H21N. The van der Waals surface area contributed by atoms with Crippen molar-refractivity contribution in [2.45, 2.75) is 27.2 Å². The van der Waals surface area contributed by atoms with Crippen LogP contribution in [-0.4, -0.2) is 7.05 Å². The second-order valence-corrected chi connectivity index (χ2v) is 2.26.